The van der Waals surface area contributed by atoms with E-state index >= 15 is 0 Å². The van der Waals surface area contributed by atoms with Crippen molar-refractivity contribution in [3.8, 4) is 12.3 Å². The van der Waals surface area contributed by atoms with Crippen molar-refractivity contribution < 1.29 is 4.79 Å². The summed E-state index contributed by atoms with van der Waals surface area (Å²) in [6.07, 6.45) is 5.20. The highest BCUT2D eigenvalue weighted by atomic mass is 35.5. The molecule has 0 aromatic carbocycles. The maximum Gasteiger partial charge on any atom is 0.252 e. The van der Waals surface area contributed by atoms with Gasteiger partial charge in [0, 0.05) is 11.3 Å². The summed E-state index contributed by atoms with van der Waals surface area (Å²) in [6.45, 7) is 5.72. The number of terminal acetylenes is 1. The highest BCUT2D eigenvalue weighted by Gasteiger charge is 2.12. The van der Waals surface area contributed by atoms with Crippen LogP contribution in [0.3, 0.4) is 0 Å². The Labute approximate surface area is 107 Å². The van der Waals surface area contributed by atoms with E-state index in [4.69, 9.17) is 18.0 Å². The quantitative estimate of drug-likeness (QED) is 0.662. The molecule has 1 unspecified atom stereocenters. The predicted octanol–water partition coefficient (Wildman–Crippen LogP) is 2.61. The van der Waals surface area contributed by atoms with Gasteiger partial charge in [0.1, 0.15) is 5.15 Å². The molecule has 0 bridgehead atoms. The van der Waals surface area contributed by atoms with E-state index in [-0.39, 0.29) is 17.9 Å². The summed E-state index contributed by atoms with van der Waals surface area (Å²) in [5.74, 6) is 2.42. The van der Waals surface area contributed by atoms with Gasteiger partial charge < -0.3 is 5.32 Å². The van der Waals surface area contributed by atoms with Gasteiger partial charge in [0.2, 0.25) is 0 Å². The molecule has 1 aromatic heterocycles. The summed E-state index contributed by atoms with van der Waals surface area (Å²) in [4.78, 5) is 16.0. The topological polar surface area (TPSA) is 42.0 Å². The van der Waals surface area contributed by atoms with E-state index in [0.717, 1.165) is 5.69 Å². The van der Waals surface area contributed by atoms with Crippen LogP contribution in [0.5, 0.6) is 0 Å². The van der Waals surface area contributed by atoms with Crippen LogP contribution in [0.25, 0.3) is 0 Å². The van der Waals surface area contributed by atoms with Crippen molar-refractivity contribution in [3.05, 3.63) is 28.5 Å². The first kappa shape index (κ1) is 13.5. The fourth-order valence-corrected chi connectivity index (χ4v) is 1.48. The molecule has 3 nitrogen and oxygen atoms in total. The molecule has 0 spiro atoms. The highest BCUT2D eigenvalue weighted by Crippen LogP contribution is 2.17. The van der Waals surface area contributed by atoms with Crippen LogP contribution in [0.1, 0.15) is 42.7 Å². The largest absolute Gasteiger partial charge is 0.339 e. The van der Waals surface area contributed by atoms with Crippen molar-refractivity contribution >= 4 is 17.5 Å². The molecule has 0 aliphatic heterocycles. The number of halogens is 1. The van der Waals surface area contributed by atoms with Gasteiger partial charge in [-0.25, -0.2) is 4.98 Å². The van der Waals surface area contributed by atoms with Gasteiger partial charge in [0.15, 0.2) is 0 Å². The first-order chi connectivity index (χ1) is 7.93. The number of nitrogens with one attached hydrogen (secondary N) is 1. The lowest BCUT2D eigenvalue weighted by molar-refractivity contribution is 0.0948. The predicted molar refractivity (Wildman–Crippen MR) is 69.1 cm³/mol. The van der Waals surface area contributed by atoms with Gasteiger partial charge in [-0.3, -0.25) is 4.79 Å². The molecule has 1 aromatic rings. The molecule has 1 heterocycles. The summed E-state index contributed by atoms with van der Waals surface area (Å²) >= 11 is 5.88. The molecule has 0 saturated heterocycles. The van der Waals surface area contributed by atoms with E-state index in [0.29, 0.717) is 10.7 Å². The van der Waals surface area contributed by atoms with Crippen LogP contribution in [0.15, 0.2) is 12.1 Å². The lowest BCUT2D eigenvalue weighted by atomic mass is 10.1. The number of hydrogen-bond acceptors (Lipinski definition) is 2. The normalized spacial score (nSPS) is 12.0. The molecule has 1 rings (SSSR count). The summed E-state index contributed by atoms with van der Waals surface area (Å²) in [5, 5.41) is 2.99. The zero-order valence-corrected chi connectivity index (χ0v) is 10.9. The molecule has 0 fully saturated rings. The Morgan fingerprint density at radius 3 is 2.65 bits per heavy atom. The van der Waals surface area contributed by atoms with Gasteiger partial charge in [-0.2, -0.15) is 0 Å². The molecule has 4 heteroatoms. The number of pyridine rings is 1. The molecular formula is C13H15ClN2O. The van der Waals surface area contributed by atoms with E-state index in [2.05, 4.69) is 16.2 Å². The van der Waals surface area contributed by atoms with E-state index in [1.807, 2.05) is 13.8 Å². The molecule has 0 radical (unpaired) electrons. The zero-order chi connectivity index (χ0) is 13.0. The minimum Gasteiger partial charge on any atom is -0.339 e. The average Bonchev–Trinajstić information content (AvgIpc) is 2.27. The van der Waals surface area contributed by atoms with Crippen LogP contribution >= 0.6 is 11.6 Å². The van der Waals surface area contributed by atoms with Crippen LogP contribution in [0.4, 0.5) is 0 Å². The third-order valence-electron chi connectivity index (χ3n) is 2.27. The van der Waals surface area contributed by atoms with Gasteiger partial charge in [-0.15, -0.1) is 6.42 Å². The van der Waals surface area contributed by atoms with E-state index in [1.54, 1.807) is 13.0 Å². The Balaban J connectivity index is 2.98. The van der Waals surface area contributed by atoms with E-state index in [9.17, 15) is 4.79 Å². The first-order valence-electron chi connectivity index (χ1n) is 5.38. The Morgan fingerprint density at radius 2 is 2.12 bits per heavy atom. The van der Waals surface area contributed by atoms with Crippen molar-refractivity contribution in [1.29, 1.82) is 0 Å². The van der Waals surface area contributed by atoms with Gasteiger partial charge in [0.25, 0.3) is 5.91 Å². The molecule has 17 heavy (non-hydrogen) atoms. The summed E-state index contributed by atoms with van der Waals surface area (Å²) in [5.41, 5.74) is 1.27. The number of amides is 1. The van der Waals surface area contributed by atoms with Crippen molar-refractivity contribution in [2.45, 2.75) is 32.7 Å². The smallest absolute Gasteiger partial charge is 0.252 e. The van der Waals surface area contributed by atoms with Crippen molar-refractivity contribution in [2.75, 3.05) is 0 Å². The van der Waals surface area contributed by atoms with E-state index in [1.165, 1.54) is 6.07 Å². The van der Waals surface area contributed by atoms with Gasteiger partial charge in [-0.1, -0.05) is 31.4 Å². The second-order valence-electron chi connectivity index (χ2n) is 4.12. The van der Waals surface area contributed by atoms with Crippen molar-refractivity contribution in [1.82, 2.24) is 10.3 Å². The van der Waals surface area contributed by atoms with Crippen LogP contribution in [0, 0.1) is 12.3 Å². The fourth-order valence-electron chi connectivity index (χ4n) is 1.27. The molecule has 1 N–H and O–H groups in total. The van der Waals surface area contributed by atoms with Gasteiger partial charge in [-0.05, 0) is 25.0 Å². The first-order valence-corrected chi connectivity index (χ1v) is 5.76. The number of carbonyl (C=O) groups is 1. The molecule has 0 saturated carbocycles. The van der Waals surface area contributed by atoms with Crippen LogP contribution in [0.2, 0.25) is 5.15 Å². The van der Waals surface area contributed by atoms with Crippen molar-refractivity contribution in [2.24, 2.45) is 0 Å². The van der Waals surface area contributed by atoms with Crippen LogP contribution < -0.4 is 5.32 Å². The second kappa shape index (κ2) is 5.70. The number of hydrogen-bond donors (Lipinski definition) is 1. The maximum atomic E-state index is 11.8. The Bertz CT molecular complexity index is 463. The molecule has 0 aliphatic rings. The number of rotatable bonds is 3. The number of carbonyl (C=O) groups excluding carboxylic acids is 1. The second-order valence-corrected chi connectivity index (χ2v) is 4.51. The third kappa shape index (κ3) is 3.76. The molecule has 0 aliphatic carbocycles. The van der Waals surface area contributed by atoms with Gasteiger partial charge >= 0.3 is 0 Å². The molecule has 1 atom stereocenters. The monoisotopic (exact) mass is 250 g/mol. The van der Waals surface area contributed by atoms with Crippen molar-refractivity contribution in [3.63, 3.8) is 0 Å². The number of nitrogens with zero attached hydrogens (tertiary/aromatic N) is 1. The summed E-state index contributed by atoms with van der Waals surface area (Å²) in [6, 6.07) is 2.96. The summed E-state index contributed by atoms with van der Waals surface area (Å²) in [7, 11) is 0. The van der Waals surface area contributed by atoms with Gasteiger partial charge in [0.05, 0.1) is 6.04 Å². The minimum absolute atomic E-state index is 0.213. The fraction of sp³-hybridized carbons (Fsp3) is 0.385. The molecule has 90 valence electrons. The zero-order valence-electron chi connectivity index (χ0n) is 10.1. The maximum absolute atomic E-state index is 11.8. The Hall–Kier alpha value is -1.53. The SMILES string of the molecule is C#CC(C)NC(=O)c1cc(Cl)nc(C(C)C)c1. The van der Waals surface area contributed by atoms with Crippen LogP contribution in [-0.4, -0.2) is 16.9 Å². The average molecular weight is 251 g/mol. The minimum atomic E-state index is -0.308. The van der Waals surface area contributed by atoms with Crippen LogP contribution in [-0.2, 0) is 0 Å². The lowest BCUT2D eigenvalue weighted by Crippen LogP contribution is -2.31. The lowest BCUT2D eigenvalue weighted by Gasteiger charge is -2.10. The standard InChI is InChI=1S/C13H15ClN2O/c1-5-9(4)15-13(17)10-6-11(8(2)3)16-12(14)7-10/h1,6-9H,2-4H3,(H,15,17). The Morgan fingerprint density at radius 1 is 1.47 bits per heavy atom. The molecular weight excluding hydrogens is 236 g/mol. The Kier molecular flexibility index (Phi) is 4.53. The summed E-state index contributed by atoms with van der Waals surface area (Å²) < 4.78 is 0. The number of aromatic nitrogens is 1. The molecule has 1 amide bonds. The van der Waals surface area contributed by atoms with E-state index < -0.39 is 0 Å². The third-order valence-corrected chi connectivity index (χ3v) is 2.46. The highest BCUT2D eigenvalue weighted by molar-refractivity contribution is 6.29.